The van der Waals surface area contributed by atoms with Crippen LogP contribution >= 0.6 is 0 Å². The van der Waals surface area contributed by atoms with Crippen LogP contribution in [0.4, 0.5) is 5.69 Å². The molecule has 2 bridgehead atoms. The SMILES string of the molecule is Cc1[nH]c2ccc(N(C)C)cc2c(=O)c1CN1CC2(C)CC1CC(C)(C)C2. The molecule has 2 atom stereocenters. The van der Waals surface area contributed by atoms with Crippen LogP contribution in [0.5, 0.6) is 0 Å². The van der Waals surface area contributed by atoms with Crippen LogP contribution in [0.25, 0.3) is 10.9 Å². The quantitative estimate of drug-likeness (QED) is 0.879. The first-order valence-corrected chi connectivity index (χ1v) is 10.1. The van der Waals surface area contributed by atoms with Gasteiger partial charge >= 0.3 is 0 Å². The van der Waals surface area contributed by atoms with E-state index in [1.165, 1.54) is 19.3 Å². The normalized spacial score (nSPS) is 27.3. The summed E-state index contributed by atoms with van der Waals surface area (Å²) in [5.41, 5.74) is 4.92. The topological polar surface area (TPSA) is 39.3 Å². The van der Waals surface area contributed by atoms with Gasteiger partial charge in [-0.15, -0.1) is 0 Å². The molecule has 27 heavy (non-hydrogen) atoms. The summed E-state index contributed by atoms with van der Waals surface area (Å²) in [7, 11) is 4.02. The van der Waals surface area contributed by atoms with E-state index >= 15 is 0 Å². The first-order chi connectivity index (χ1) is 12.6. The van der Waals surface area contributed by atoms with Crippen LogP contribution in [0.2, 0.25) is 0 Å². The van der Waals surface area contributed by atoms with Gasteiger partial charge in [0.2, 0.25) is 0 Å². The third-order valence-corrected chi connectivity index (χ3v) is 6.70. The minimum Gasteiger partial charge on any atom is -0.378 e. The van der Waals surface area contributed by atoms with Gasteiger partial charge in [0.15, 0.2) is 5.43 Å². The van der Waals surface area contributed by atoms with E-state index in [-0.39, 0.29) is 5.43 Å². The second-order valence-corrected chi connectivity index (χ2v) is 10.3. The summed E-state index contributed by atoms with van der Waals surface area (Å²) < 4.78 is 0. The number of nitrogens with one attached hydrogen (secondary N) is 1. The van der Waals surface area contributed by atoms with E-state index in [2.05, 4.69) is 36.7 Å². The minimum atomic E-state index is 0.191. The predicted octanol–water partition coefficient (Wildman–Crippen LogP) is 4.30. The fourth-order valence-electron chi connectivity index (χ4n) is 5.87. The summed E-state index contributed by atoms with van der Waals surface area (Å²) in [6, 6.07) is 6.70. The Kier molecular flexibility index (Phi) is 4.19. The van der Waals surface area contributed by atoms with Gasteiger partial charge in [0.05, 0.1) is 0 Å². The lowest BCUT2D eigenvalue weighted by atomic mass is 9.65. The van der Waals surface area contributed by atoms with Gasteiger partial charge in [-0.05, 0) is 55.2 Å². The van der Waals surface area contributed by atoms with Crippen molar-refractivity contribution in [3.05, 3.63) is 39.7 Å². The zero-order valence-corrected chi connectivity index (χ0v) is 17.6. The number of rotatable bonds is 3. The average molecular weight is 368 g/mol. The minimum absolute atomic E-state index is 0.191. The van der Waals surface area contributed by atoms with Crippen molar-refractivity contribution in [1.29, 1.82) is 0 Å². The van der Waals surface area contributed by atoms with Crippen molar-refractivity contribution < 1.29 is 0 Å². The van der Waals surface area contributed by atoms with Gasteiger partial charge in [-0.1, -0.05) is 20.8 Å². The van der Waals surface area contributed by atoms with E-state index in [1.54, 1.807) is 0 Å². The van der Waals surface area contributed by atoms with Gasteiger partial charge in [-0.3, -0.25) is 9.69 Å². The maximum atomic E-state index is 13.3. The smallest absolute Gasteiger partial charge is 0.194 e. The molecule has 0 spiro atoms. The van der Waals surface area contributed by atoms with E-state index < -0.39 is 0 Å². The fourth-order valence-corrected chi connectivity index (χ4v) is 5.87. The van der Waals surface area contributed by atoms with Gasteiger partial charge in [-0.25, -0.2) is 0 Å². The van der Waals surface area contributed by atoms with Crippen molar-refractivity contribution in [2.45, 2.75) is 59.5 Å². The van der Waals surface area contributed by atoms with Gasteiger partial charge in [-0.2, -0.15) is 0 Å². The number of anilines is 1. The van der Waals surface area contributed by atoms with Crippen LogP contribution in [0, 0.1) is 17.8 Å². The Balaban J connectivity index is 1.71. The Morgan fingerprint density at radius 2 is 1.96 bits per heavy atom. The van der Waals surface area contributed by atoms with E-state index in [0.29, 0.717) is 16.9 Å². The second kappa shape index (κ2) is 6.10. The number of aromatic amines is 1. The molecule has 0 radical (unpaired) electrons. The maximum Gasteiger partial charge on any atom is 0.194 e. The zero-order chi connectivity index (χ0) is 19.6. The molecule has 1 saturated heterocycles. The highest BCUT2D eigenvalue weighted by atomic mass is 16.1. The highest BCUT2D eigenvalue weighted by molar-refractivity contribution is 5.83. The number of benzene rings is 1. The van der Waals surface area contributed by atoms with Gasteiger partial charge in [0.1, 0.15) is 0 Å². The van der Waals surface area contributed by atoms with Crippen molar-refractivity contribution >= 4 is 16.6 Å². The summed E-state index contributed by atoms with van der Waals surface area (Å²) in [5, 5.41) is 0.801. The molecule has 4 nitrogen and oxygen atoms in total. The number of aromatic nitrogens is 1. The molecule has 2 aliphatic rings. The van der Waals surface area contributed by atoms with Crippen molar-refractivity contribution in [2.24, 2.45) is 10.8 Å². The third kappa shape index (κ3) is 3.29. The number of aryl methyl sites for hydroxylation is 1. The molecule has 1 aliphatic heterocycles. The molecule has 1 aromatic heterocycles. The Labute approximate surface area is 162 Å². The lowest BCUT2D eigenvalue weighted by molar-refractivity contribution is 0.126. The first-order valence-electron chi connectivity index (χ1n) is 10.1. The number of likely N-dealkylation sites (tertiary alicyclic amines) is 1. The van der Waals surface area contributed by atoms with Crippen molar-refractivity contribution in [3.8, 4) is 0 Å². The Hall–Kier alpha value is -1.81. The third-order valence-electron chi connectivity index (χ3n) is 6.70. The summed E-state index contributed by atoms with van der Waals surface area (Å²) >= 11 is 0. The van der Waals surface area contributed by atoms with Crippen LogP contribution < -0.4 is 10.3 Å². The van der Waals surface area contributed by atoms with Crippen molar-refractivity contribution in [2.75, 3.05) is 25.5 Å². The van der Waals surface area contributed by atoms with Crippen molar-refractivity contribution in [3.63, 3.8) is 0 Å². The molecule has 2 heterocycles. The number of H-pyrrole nitrogens is 1. The molecule has 4 rings (SSSR count). The van der Waals surface area contributed by atoms with Crippen LogP contribution in [0.3, 0.4) is 0 Å². The Morgan fingerprint density at radius 3 is 2.67 bits per heavy atom. The van der Waals surface area contributed by atoms with Gasteiger partial charge in [0.25, 0.3) is 0 Å². The van der Waals surface area contributed by atoms with E-state index in [1.807, 2.05) is 38.1 Å². The lowest BCUT2D eigenvalue weighted by Gasteiger charge is -2.40. The summed E-state index contributed by atoms with van der Waals surface area (Å²) in [4.78, 5) is 21.4. The monoisotopic (exact) mass is 367 g/mol. The van der Waals surface area contributed by atoms with E-state index in [0.717, 1.165) is 40.9 Å². The molecule has 1 saturated carbocycles. The number of nitrogens with zero attached hydrogens (tertiary/aromatic N) is 2. The van der Waals surface area contributed by atoms with Crippen LogP contribution in [0.1, 0.15) is 51.3 Å². The van der Waals surface area contributed by atoms with Gasteiger partial charge in [0, 0.05) is 61.1 Å². The molecule has 146 valence electrons. The second-order valence-electron chi connectivity index (χ2n) is 10.3. The predicted molar refractivity (Wildman–Crippen MR) is 114 cm³/mol. The number of hydrogen-bond donors (Lipinski definition) is 1. The molecule has 2 fully saturated rings. The van der Waals surface area contributed by atoms with Crippen LogP contribution in [-0.2, 0) is 6.54 Å². The lowest BCUT2D eigenvalue weighted by Crippen LogP contribution is -2.35. The molecular weight excluding hydrogens is 334 g/mol. The Bertz CT molecular complexity index is 943. The highest BCUT2D eigenvalue weighted by Gasteiger charge is 2.49. The summed E-state index contributed by atoms with van der Waals surface area (Å²) in [6.07, 6.45) is 3.79. The Morgan fingerprint density at radius 1 is 1.22 bits per heavy atom. The average Bonchev–Trinajstić information content (AvgIpc) is 2.79. The largest absolute Gasteiger partial charge is 0.378 e. The van der Waals surface area contributed by atoms with Crippen molar-refractivity contribution in [1.82, 2.24) is 9.88 Å². The summed E-state index contributed by atoms with van der Waals surface area (Å²) in [5.74, 6) is 0. The van der Waals surface area contributed by atoms with Crippen LogP contribution in [0.15, 0.2) is 23.0 Å². The maximum absolute atomic E-state index is 13.3. The molecular formula is C23H33N3O. The molecule has 1 aliphatic carbocycles. The molecule has 2 aromatic rings. The van der Waals surface area contributed by atoms with E-state index in [9.17, 15) is 4.79 Å². The fraction of sp³-hybridized carbons (Fsp3) is 0.609. The molecule has 1 N–H and O–H groups in total. The number of pyridine rings is 1. The van der Waals surface area contributed by atoms with E-state index in [4.69, 9.17) is 0 Å². The molecule has 1 aromatic carbocycles. The molecule has 4 heteroatoms. The van der Waals surface area contributed by atoms with Gasteiger partial charge < -0.3 is 9.88 Å². The highest BCUT2D eigenvalue weighted by Crippen LogP contribution is 2.52. The standard InChI is InChI=1S/C23H33N3O/c1-15-19(12-26-14-23(4)11-17(26)10-22(2,3)13-23)21(27)18-9-16(25(5)6)7-8-20(18)24-15/h7-9,17H,10-14H2,1-6H3,(H,24,27). The first kappa shape index (κ1) is 18.5. The molecule has 0 amide bonds. The number of fused-ring (bicyclic) bond motifs is 3. The number of hydrogen-bond acceptors (Lipinski definition) is 3. The summed E-state index contributed by atoms with van der Waals surface area (Å²) in [6.45, 7) is 11.1. The van der Waals surface area contributed by atoms with Crippen LogP contribution in [-0.4, -0.2) is 36.6 Å². The molecule has 2 unspecified atom stereocenters. The zero-order valence-electron chi connectivity index (χ0n) is 17.6.